The molecule has 1 heterocycles. The SMILES string of the molecule is CC1(C)CCCC1Nc1ccc2sccc2c1. The van der Waals surface area contributed by atoms with Crippen LogP contribution in [0.2, 0.25) is 0 Å². The highest BCUT2D eigenvalue weighted by Crippen LogP contribution is 2.39. The van der Waals surface area contributed by atoms with E-state index < -0.39 is 0 Å². The molecule has 1 aromatic carbocycles. The Morgan fingerprint density at radius 1 is 1.29 bits per heavy atom. The van der Waals surface area contributed by atoms with E-state index in [2.05, 4.69) is 48.8 Å². The van der Waals surface area contributed by atoms with E-state index in [1.165, 1.54) is 35.0 Å². The summed E-state index contributed by atoms with van der Waals surface area (Å²) in [7, 11) is 0. The van der Waals surface area contributed by atoms with E-state index in [4.69, 9.17) is 0 Å². The lowest BCUT2D eigenvalue weighted by Crippen LogP contribution is -2.30. The number of benzene rings is 1. The minimum atomic E-state index is 0.434. The maximum atomic E-state index is 3.72. The lowest BCUT2D eigenvalue weighted by atomic mass is 9.87. The quantitative estimate of drug-likeness (QED) is 0.794. The van der Waals surface area contributed by atoms with E-state index in [1.54, 1.807) is 0 Å². The second kappa shape index (κ2) is 4.02. The monoisotopic (exact) mass is 245 g/mol. The van der Waals surface area contributed by atoms with Crippen LogP contribution in [0.15, 0.2) is 29.6 Å². The van der Waals surface area contributed by atoms with Crippen molar-refractivity contribution in [3.8, 4) is 0 Å². The molecule has 0 aliphatic heterocycles. The summed E-state index contributed by atoms with van der Waals surface area (Å²) in [5.74, 6) is 0. The van der Waals surface area contributed by atoms with E-state index in [0.717, 1.165) is 0 Å². The van der Waals surface area contributed by atoms with Crippen LogP contribution < -0.4 is 5.32 Å². The molecule has 1 aliphatic carbocycles. The first-order chi connectivity index (χ1) is 8.15. The third-order valence-corrected chi connectivity index (χ3v) is 4.95. The first-order valence-electron chi connectivity index (χ1n) is 6.39. The molecule has 1 aromatic heterocycles. The molecule has 1 N–H and O–H groups in total. The number of nitrogens with one attached hydrogen (secondary N) is 1. The Balaban J connectivity index is 1.84. The van der Waals surface area contributed by atoms with E-state index in [-0.39, 0.29) is 0 Å². The van der Waals surface area contributed by atoms with E-state index in [9.17, 15) is 0 Å². The lowest BCUT2D eigenvalue weighted by molar-refractivity contribution is 0.350. The van der Waals surface area contributed by atoms with Gasteiger partial charge in [0, 0.05) is 16.4 Å². The van der Waals surface area contributed by atoms with Gasteiger partial charge in [0.25, 0.3) is 0 Å². The van der Waals surface area contributed by atoms with Crippen molar-refractivity contribution in [1.82, 2.24) is 0 Å². The van der Waals surface area contributed by atoms with Crippen LogP contribution in [-0.4, -0.2) is 6.04 Å². The maximum absolute atomic E-state index is 3.72. The predicted octanol–water partition coefficient (Wildman–Crippen LogP) is 4.89. The summed E-state index contributed by atoms with van der Waals surface area (Å²) in [6.45, 7) is 4.75. The summed E-state index contributed by atoms with van der Waals surface area (Å²) < 4.78 is 1.38. The van der Waals surface area contributed by atoms with E-state index in [1.807, 2.05) is 11.3 Å². The average Bonchev–Trinajstić information content (AvgIpc) is 2.85. The van der Waals surface area contributed by atoms with Crippen LogP contribution in [-0.2, 0) is 0 Å². The molecule has 0 saturated heterocycles. The van der Waals surface area contributed by atoms with Crippen molar-refractivity contribution in [2.75, 3.05) is 5.32 Å². The minimum Gasteiger partial charge on any atom is -0.382 e. The Morgan fingerprint density at radius 2 is 2.18 bits per heavy atom. The highest BCUT2D eigenvalue weighted by molar-refractivity contribution is 7.17. The Morgan fingerprint density at radius 3 is 2.94 bits per heavy atom. The maximum Gasteiger partial charge on any atom is 0.0349 e. The fraction of sp³-hybridized carbons (Fsp3) is 0.467. The Bertz CT molecular complexity index is 526. The third kappa shape index (κ3) is 2.06. The lowest BCUT2D eigenvalue weighted by Gasteiger charge is -2.28. The van der Waals surface area contributed by atoms with Gasteiger partial charge in [-0.25, -0.2) is 0 Å². The van der Waals surface area contributed by atoms with Gasteiger partial charge in [-0.3, -0.25) is 0 Å². The average molecular weight is 245 g/mol. The molecule has 1 nitrogen and oxygen atoms in total. The van der Waals surface area contributed by atoms with Gasteiger partial charge in [0.2, 0.25) is 0 Å². The van der Waals surface area contributed by atoms with Gasteiger partial charge in [0.05, 0.1) is 0 Å². The fourth-order valence-corrected chi connectivity index (χ4v) is 3.62. The molecule has 0 spiro atoms. The van der Waals surface area contributed by atoms with Crippen molar-refractivity contribution in [1.29, 1.82) is 0 Å². The van der Waals surface area contributed by atoms with Crippen molar-refractivity contribution in [3.63, 3.8) is 0 Å². The topological polar surface area (TPSA) is 12.0 Å². The number of hydrogen-bond acceptors (Lipinski definition) is 2. The summed E-state index contributed by atoms with van der Waals surface area (Å²) in [6, 6.07) is 9.54. The van der Waals surface area contributed by atoms with Gasteiger partial charge in [-0.2, -0.15) is 0 Å². The molecule has 3 rings (SSSR count). The molecule has 0 radical (unpaired) electrons. The number of hydrogen-bond donors (Lipinski definition) is 1. The van der Waals surface area contributed by atoms with E-state index >= 15 is 0 Å². The van der Waals surface area contributed by atoms with Gasteiger partial charge in [0.1, 0.15) is 0 Å². The molecule has 1 saturated carbocycles. The van der Waals surface area contributed by atoms with Crippen LogP contribution in [0.25, 0.3) is 10.1 Å². The summed E-state index contributed by atoms with van der Waals surface area (Å²) in [4.78, 5) is 0. The zero-order chi connectivity index (χ0) is 11.9. The van der Waals surface area contributed by atoms with Gasteiger partial charge < -0.3 is 5.32 Å². The Labute approximate surface area is 107 Å². The number of rotatable bonds is 2. The molecule has 1 fully saturated rings. The predicted molar refractivity (Wildman–Crippen MR) is 76.9 cm³/mol. The van der Waals surface area contributed by atoms with Gasteiger partial charge >= 0.3 is 0 Å². The molecular weight excluding hydrogens is 226 g/mol. The second-order valence-corrected chi connectivity index (χ2v) is 6.70. The first kappa shape index (κ1) is 11.1. The summed E-state index contributed by atoms with van der Waals surface area (Å²) in [6.07, 6.45) is 3.99. The fourth-order valence-electron chi connectivity index (χ4n) is 2.85. The van der Waals surface area contributed by atoms with Gasteiger partial charge in [-0.05, 0) is 53.3 Å². The van der Waals surface area contributed by atoms with Crippen LogP contribution in [0, 0.1) is 5.41 Å². The normalized spacial score (nSPS) is 23.1. The number of fused-ring (bicyclic) bond motifs is 1. The molecule has 1 unspecified atom stereocenters. The molecular formula is C15H19NS. The van der Waals surface area contributed by atoms with E-state index in [0.29, 0.717) is 11.5 Å². The first-order valence-corrected chi connectivity index (χ1v) is 7.27. The van der Waals surface area contributed by atoms with Crippen molar-refractivity contribution in [3.05, 3.63) is 29.6 Å². The summed E-state index contributed by atoms with van der Waals surface area (Å²) in [5.41, 5.74) is 1.71. The highest BCUT2D eigenvalue weighted by atomic mass is 32.1. The zero-order valence-corrected chi connectivity index (χ0v) is 11.3. The summed E-state index contributed by atoms with van der Waals surface area (Å²) >= 11 is 1.81. The van der Waals surface area contributed by atoms with Crippen molar-refractivity contribution in [2.45, 2.75) is 39.2 Å². The molecule has 90 valence electrons. The Kier molecular flexibility index (Phi) is 2.62. The van der Waals surface area contributed by atoms with Crippen LogP contribution in [0.5, 0.6) is 0 Å². The number of thiophene rings is 1. The molecule has 17 heavy (non-hydrogen) atoms. The number of anilines is 1. The standard InChI is InChI=1S/C15H19NS/c1-15(2)8-3-4-14(15)16-12-5-6-13-11(10-12)7-9-17-13/h5-7,9-10,14,16H,3-4,8H2,1-2H3. The zero-order valence-electron chi connectivity index (χ0n) is 10.5. The smallest absolute Gasteiger partial charge is 0.0349 e. The van der Waals surface area contributed by atoms with Crippen molar-refractivity contribution < 1.29 is 0 Å². The van der Waals surface area contributed by atoms with Crippen LogP contribution >= 0.6 is 11.3 Å². The third-order valence-electron chi connectivity index (χ3n) is 4.05. The van der Waals surface area contributed by atoms with Crippen LogP contribution in [0.4, 0.5) is 5.69 Å². The molecule has 1 aliphatic rings. The molecule has 2 aromatic rings. The largest absolute Gasteiger partial charge is 0.382 e. The molecule has 1 atom stereocenters. The van der Waals surface area contributed by atoms with Gasteiger partial charge in [-0.1, -0.05) is 20.3 Å². The van der Waals surface area contributed by atoms with Gasteiger partial charge in [-0.15, -0.1) is 11.3 Å². The van der Waals surface area contributed by atoms with Crippen LogP contribution in [0.3, 0.4) is 0 Å². The molecule has 0 bridgehead atoms. The highest BCUT2D eigenvalue weighted by Gasteiger charge is 2.34. The van der Waals surface area contributed by atoms with Gasteiger partial charge in [0.15, 0.2) is 0 Å². The molecule has 0 amide bonds. The van der Waals surface area contributed by atoms with Crippen molar-refractivity contribution in [2.24, 2.45) is 5.41 Å². The Hall–Kier alpha value is -1.02. The summed E-state index contributed by atoms with van der Waals surface area (Å²) in [5, 5.41) is 7.24. The van der Waals surface area contributed by atoms with Crippen LogP contribution in [0.1, 0.15) is 33.1 Å². The molecule has 2 heteroatoms. The second-order valence-electron chi connectivity index (χ2n) is 5.75. The minimum absolute atomic E-state index is 0.434. The van der Waals surface area contributed by atoms with Crippen molar-refractivity contribution >= 4 is 27.1 Å².